The molecular formula is C50H50F4N2O27. The Bertz CT molecular complexity index is 2860. The van der Waals surface area contributed by atoms with Gasteiger partial charge in [0.2, 0.25) is 52.4 Å². The van der Waals surface area contributed by atoms with Crippen molar-refractivity contribution in [3.8, 4) is 28.7 Å². The van der Waals surface area contributed by atoms with Gasteiger partial charge in [0.1, 0.15) is 25.3 Å². The number of halogens is 4. The van der Waals surface area contributed by atoms with E-state index in [9.17, 15) is 52.7 Å². The molecule has 0 bridgehead atoms. The summed E-state index contributed by atoms with van der Waals surface area (Å²) in [4.78, 5) is 137. The Labute approximate surface area is 465 Å². The average Bonchev–Trinajstić information content (AvgIpc) is 2.84. The summed E-state index contributed by atoms with van der Waals surface area (Å²) >= 11 is 0. The van der Waals surface area contributed by atoms with Gasteiger partial charge in [-0.1, -0.05) is 6.07 Å². The highest BCUT2D eigenvalue weighted by Crippen LogP contribution is 2.61. The van der Waals surface area contributed by atoms with Gasteiger partial charge in [0, 0.05) is 53.7 Å². The smallest absolute Gasteiger partial charge is 0.344 e. The topological polar surface area (TPSA) is 342 Å². The predicted molar refractivity (Wildman–Crippen MR) is 255 cm³/mol. The molecule has 0 fully saturated rings. The van der Waals surface area contributed by atoms with Crippen LogP contribution >= 0.6 is 0 Å². The standard InChI is InChI=1S/C50H50F4N2O27/c1-25(57)70-19-76-37(63)15-55(16-38(64)77-20-71-26(2)58)9-10-68-11-12-69-48-36(56(17-39(65)78-21-72-27(3)59)18-40(66)79-22-73-28(4)60)8-7-31-41(48)49(67)83-50(31)32-13-34(51)46(80-23-74-29(5)61)42(53)44(32)82-45-33(50)14-35(52)47(43(45)54)81-24-75-30(6)62/h7-8,13-14H,9-12,15-24H2,1-6H3. The van der Waals surface area contributed by atoms with E-state index in [0.29, 0.717) is 12.1 Å². The third-order valence-corrected chi connectivity index (χ3v) is 10.8. The first-order valence-electron chi connectivity index (χ1n) is 23.8. The molecule has 0 radical (unpaired) electrons. The minimum absolute atomic E-state index is 0.265. The molecule has 1 spiro atoms. The van der Waals surface area contributed by atoms with Gasteiger partial charge in [-0.05, 0) is 18.2 Å². The zero-order chi connectivity index (χ0) is 61.1. The SMILES string of the molecule is CC(=O)OCOC(=O)CN(CCOCCOc1c(N(CC(=O)OCOC(C)=O)CC(=O)OCOC(C)=O)ccc2c1C(=O)OC21c2cc(F)c(OCOC(C)=O)c(F)c2Oc2c1cc(F)c(OCOC(C)=O)c2F)CC(=O)OCOC(C)=O. The van der Waals surface area contributed by atoms with Gasteiger partial charge in [0.05, 0.1) is 43.1 Å². The van der Waals surface area contributed by atoms with Crippen molar-refractivity contribution < 1.29 is 146 Å². The molecule has 0 aliphatic carbocycles. The van der Waals surface area contributed by atoms with E-state index in [1.807, 2.05) is 0 Å². The maximum absolute atomic E-state index is 16.8. The molecule has 0 aromatic heterocycles. The summed E-state index contributed by atoms with van der Waals surface area (Å²) < 4.78 is 147. The second-order valence-corrected chi connectivity index (χ2v) is 16.7. The molecule has 0 unspecified atom stereocenters. The molecule has 2 heterocycles. The fourth-order valence-corrected chi connectivity index (χ4v) is 7.36. The van der Waals surface area contributed by atoms with E-state index in [0.717, 1.165) is 63.5 Å². The fourth-order valence-electron chi connectivity index (χ4n) is 7.36. The van der Waals surface area contributed by atoms with Gasteiger partial charge in [-0.2, -0.15) is 8.78 Å². The summed E-state index contributed by atoms with van der Waals surface area (Å²) in [6, 6.07) is 3.05. The summed E-state index contributed by atoms with van der Waals surface area (Å²) in [5, 5.41) is 0. The molecule has 83 heavy (non-hydrogen) atoms. The first-order valence-corrected chi connectivity index (χ1v) is 23.8. The highest BCUT2D eigenvalue weighted by molar-refractivity contribution is 6.02. The van der Waals surface area contributed by atoms with Crippen molar-refractivity contribution in [2.75, 3.05) is 98.2 Å². The summed E-state index contributed by atoms with van der Waals surface area (Å²) in [7, 11) is 0. The van der Waals surface area contributed by atoms with Gasteiger partial charge < -0.3 is 80.7 Å². The van der Waals surface area contributed by atoms with E-state index in [1.165, 1.54) is 0 Å². The Balaban J connectivity index is 1.64. The second-order valence-electron chi connectivity index (χ2n) is 16.7. The largest absolute Gasteiger partial charge is 0.488 e. The molecule has 0 saturated heterocycles. The number of esters is 11. The molecule has 0 saturated carbocycles. The normalized spacial score (nSPS) is 12.2. The van der Waals surface area contributed by atoms with Crippen LogP contribution in [0.3, 0.4) is 0 Å². The van der Waals surface area contributed by atoms with Crippen molar-refractivity contribution in [2.45, 2.75) is 47.1 Å². The molecule has 29 nitrogen and oxygen atoms in total. The van der Waals surface area contributed by atoms with Crippen LogP contribution in [0.15, 0.2) is 24.3 Å². The van der Waals surface area contributed by atoms with Gasteiger partial charge in [-0.3, -0.25) is 52.8 Å². The van der Waals surface area contributed by atoms with E-state index < -0.39 is 231 Å². The van der Waals surface area contributed by atoms with Gasteiger partial charge in [-0.15, -0.1) is 0 Å². The highest BCUT2D eigenvalue weighted by Gasteiger charge is 2.58. The second kappa shape index (κ2) is 29.8. The molecule has 5 rings (SSSR count). The van der Waals surface area contributed by atoms with Crippen molar-refractivity contribution in [2.24, 2.45) is 0 Å². The molecule has 3 aromatic rings. The highest BCUT2D eigenvalue weighted by atomic mass is 19.1. The quantitative estimate of drug-likeness (QED) is 0.0304. The Kier molecular flexibility index (Phi) is 23.1. The van der Waals surface area contributed by atoms with E-state index in [1.54, 1.807) is 0 Å². The lowest BCUT2D eigenvalue weighted by atomic mass is 9.77. The van der Waals surface area contributed by atoms with Gasteiger partial charge in [-0.25, -0.2) is 13.6 Å². The minimum atomic E-state index is -2.88. The molecule has 0 amide bonds. The first kappa shape index (κ1) is 64.3. The number of hydrogen-bond donors (Lipinski definition) is 0. The van der Waals surface area contributed by atoms with Crippen molar-refractivity contribution in [3.05, 3.63) is 69.8 Å². The van der Waals surface area contributed by atoms with Crippen LogP contribution < -0.4 is 23.8 Å². The molecule has 2 aliphatic heterocycles. The zero-order valence-corrected chi connectivity index (χ0v) is 44.6. The number of benzene rings is 3. The number of nitrogens with zero attached hydrogens (tertiary/aromatic N) is 2. The number of ether oxygens (including phenoxy) is 16. The Hall–Kier alpha value is -9.53. The Morgan fingerprint density at radius 3 is 1.28 bits per heavy atom. The number of rotatable bonds is 30. The number of carbonyl (C=O) groups is 11. The Morgan fingerprint density at radius 1 is 0.470 bits per heavy atom. The third-order valence-electron chi connectivity index (χ3n) is 10.8. The molecular weight excluding hydrogens is 1140 g/mol. The van der Waals surface area contributed by atoms with Crippen LogP contribution in [0.25, 0.3) is 0 Å². The van der Waals surface area contributed by atoms with Gasteiger partial charge in [0.25, 0.3) is 0 Å². The fraction of sp³-hybridized carbons (Fsp3) is 0.420. The summed E-state index contributed by atoms with van der Waals surface area (Å²) in [5.74, 6) is -23.3. The first-order chi connectivity index (χ1) is 39.3. The molecule has 2 aliphatic rings. The van der Waals surface area contributed by atoms with Gasteiger partial charge >= 0.3 is 65.7 Å². The van der Waals surface area contributed by atoms with E-state index in [4.69, 9.17) is 47.4 Å². The third kappa shape index (κ3) is 17.5. The molecule has 33 heteroatoms. The molecule has 450 valence electrons. The molecule has 0 atom stereocenters. The monoisotopic (exact) mass is 1190 g/mol. The average molecular weight is 1190 g/mol. The van der Waals surface area contributed by atoms with Crippen LogP contribution in [0.1, 0.15) is 68.6 Å². The molecule has 3 aromatic carbocycles. The van der Waals surface area contributed by atoms with Crippen LogP contribution in [-0.4, -0.2) is 164 Å². The van der Waals surface area contributed by atoms with Crippen molar-refractivity contribution in [3.63, 3.8) is 0 Å². The van der Waals surface area contributed by atoms with Crippen LogP contribution in [0.4, 0.5) is 23.2 Å². The summed E-state index contributed by atoms with van der Waals surface area (Å²) in [6.45, 7) is -4.55. The molecule has 0 N–H and O–H groups in total. The van der Waals surface area contributed by atoms with E-state index in [-0.39, 0.29) is 13.2 Å². The predicted octanol–water partition coefficient (Wildman–Crippen LogP) is 2.37. The lowest BCUT2D eigenvalue weighted by molar-refractivity contribution is -0.170. The van der Waals surface area contributed by atoms with Crippen LogP contribution in [-0.2, 0) is 110 Å². The minimum Gasteiger partial charge on any atom is -0.488 e. The number of fused-ring (bicyclic) bond motifs is 6. The maximum Gasteiger partial charge on any atom is 0.344 e. The van der Waals surface area contributed by atoms with Crippen molar-refractivity contribution in [1.82, 2.24) is 4.90 Å². The van der Waals surface area contributed by atoms with Crippen molar-refractivity contribution >= 4 is 71.3 Å². The van der Waals surface area contributed by atoms with Crippen molar-refractivity contribution in [1.29, 1.82) is 0 Å². The summed E-state index contributed by atoms with van der Waals surface area (Å²) in [5.41, 5.74) is -6.17. The number of hydrogen-bond acceptors (Lipinski definition) is 29. The number of carbonyl (C=O) groups excluding carboxylic acids is 11. The maximum atomic E-state index is 16.8. The van der Waals surface area contributed by atoms with Gasteiger partial charge in [0.15, 0.2) is 46.0 Å². The Morgan fingerprint density at radius 2 is 0.867 bits per heavy atom. The number of anilines is 1. The van der Waals surface area contributed by atoms with Crippen LogP contribution in [0.5, 0.6) is 28.7 Å². The summed E-state index contributed by atoms with van der Waals surface area (Å²) in [6.07, 6.45) is 0. The van der Waals surface area contributed by atoms with Crippen LogP contribution in [0, 0.1) is 23.3 Å². The zero-order valence-electron chi connectivity index (χ0n) is 44.6. The van der Waals surface area contributed by atoms with Crippen LogP contribution in [0.2, 0.25) is 0 Å². The van der Waals surface area contributed by atoms with E-state index >= 15 is 17.6 Å². The lowest BCUT2D eigenvalue weighted by Gasteiger charge is -2.37. The van der Waals surface area contributed by atoms with E-state index in [2.05, 4.69) is 28.4 Å². The lowest BCUT2D eigenvalue weighted by Crippen LogP contribution is -2.39.